The van der Waals surface area contributed by atoms with Gasteiger partial charge in [-0.3, -0.25) is 0 Å². The van der Waals surface area contributed by atoms with Crippen molar-refractivity contribution in [3.63, 3.8) is 0 Å². The summed E-state index contributed by atoms with van der Waals surface area (Å²) in [5.74, 6) is 0. The Kier molecular flexibility index (Phi) is 13.0. The van der Waals surface area contributed by atoms with E-state index in [9.17, 15) is 0 Å². The molecule has 0 saturated carbocycles. The Morgan fingerprint density at radius 1 is 0.696 bits per heavy atom. The van der Waals surface area contributed by atoms with E-state index in [1.165, 1.54) is 0 Å². The molecule has 7 heteroatoms. The Morgan fingerprint density at radius 3 is 1.26 bits per heavy atom. The minimum atomic E-state index is 0. The van der Waals surface area contributed by atoms with Crippen LogP contribution in [-0.2, 0) is 22.7 Å². The summed E-state index contributed by atoms with van der Waals surface area (Å²) in [5, 5.41) is 0.183. The molecular formula is C16H20CaN2O2S2. The topological polar surface area (TPSA) is 70.5 Å². The van der Waals surface area contributed by atoms with Gasteiger partial charge in [-0.05, 0) is 35.6 Å². The first-order valence-electron chi connectivity index (χ1n) is 6.50. The van der Waals surface area contributed by atoms with Crippen molar-refractivity contribution in [1.82, 2.24) is 0 Å². The van der Waals surface area contributed by atoms with Crippen LogP contribution in [0.3, 0.4) is 0 Å². The molecule has 0 amide bonds. The number of thiocarbonyl (C=S) groups is 2. The molecule has 0 spiro atoms. The summed E-state index contributed by atoms with van der Waals surface area (Å²) < 4.78 is 9.87. The zero-order valence-corrected chi connectivity index (χ0v) is 13.6. The molecule has 2 aromatic rings. The van der Waals surface area contributed by atoms with Crippen molar-refractivity contribution >= 4 is 72.5 Å². The molecule has 0 atom stereocenters. The normalized spacial score (nSPS) is 8.70. The van der Waals surface area contributed by atoms with Crippen molar-refractivity contribution in [2.45, 2.75) is 13.2 Å². The van der Waals surface area contributed by atoms with Crippen molar-refractivity contribution < 1.29 is 9.47 Å². The fourth-order valence-electron chi connectivity index (χ4n) is 1.46. The van der Waals surface area contributed by atoms with Crippen LogP contribution >= 0.6 is 24.4 Å². The molecule has 0 aliphatic heterocycles. The van der Waals surface area contributed by atoms with Crippen LogP contribution in [-0.4, -0.2) is 48.1 Å². The van der Waals surface area contributed by atoms with Crippen LogP contribution in [0.15, 0.2) is 60.7 Å². The summed E-state index contributed by atoms with van der Waals surface area (Å²) in [5.41, 5.74) is 12.4. The third-order valence-electron chi connectivity index (χ3n) is 2.45. The van der Waals surface area contributed by atoms with Gasteiger partial charge in [0.2, 0.25) is 0 Å². The van der Waals surface area contributed by atoms with E-state index < -0.39 is 0 Å². The molecule has 0 unspecified atom stereocenters. The second-order valence-corrected chi connectivity index (χ2v) is 4.99. The molecule has 0 saturated heterocycles. The van der Waals surface area contributed by atoms with Crippen LogP contribution in [0.2, 0.25) is 0 Å². The number of nitrogens with two attached hydrogens (primary N) is 2. The van der Waals surface area contributed by atoms with Crippen LogP contribution in [0, 0.1) is 0 Å². The SMILES string of the molecule is NC(=S)OCc1ccccc1.NC(=S)OCc1ccccc1.[CaH2]. The van der Waals surface area contributed by atoms with Crippen LogP contribution in [0.25, 0.3) is 0 Å². The van der Waals surface area contributed by atoms with Crippen molar-refractivity contribution in [1.29, 1.82) is 0 Å². The van der Waals surface area contributed by atoms with E-state index in [1.54, 1.807) is 0 Å². The van der Waals surface area contributed by atoms with Gasteiger partial charge in [0, 0.05) is 0 Å². The summed E-state index contributed by atoms with van der Waals surface area (Å²) in [6.45, 7) is 0.909. The average molecular weight is 377 g/mol. The number of hydrogen-bond donors (Lipinski definition) is 2. The fraction of sp³-hybridized carbons (Fsp3) is 0.125. The molecule has 0 bridgehead atoms. The first-order chi connectivity index (χ1) is 10.6. The molecule has 4 N–H and O–H groups in total. The Hall–Kier alpha value is -0.920. The monoisotopic (exact) mass is 376 g/mol. The van der Waals surface area contributed by atoms with E-state index in [4.69, 9.17) is 20.9 Å². The zero-order chi connectivity index (χ0) is 16.2. The molecule has 0 aromatic heterocycles. The first kappa shape index (κ1) is 22.1. The minimum absolute atomic E-state index is 0. The Morgan fingerprint density at radius 2 is 1.00 bits per heavy atom. The zero-order valence-electron chi connectivity index (χ0n) is 12.0. The van der Waals surface area contributed by atoms with Crippen molar-refractivity contribution in [2.75, 3.05) is 0 Å². The summed E-state index contributed by atoms with van der Waals surface area (Å²) in [6.07, 6.45) is 0. The second kappa shape index (κ2) is 13.5. The number of rotatable bonds is 4. The van der Waals surface area contributed by atoms with Gasteiger partial charge in [0.25, 0.3) is 10.3 Å². The van der Waals surface area contributed by atoms with Gasteiger partial charge in [0.05, 0.1) is 0 Å². The predicted molar refractivity (Wildman–Crippen MR) is 105 cm³/mol. The van der Waals surface area contributed by atoms with Crippen molar-refractivity contribution in [2.24, 2.45) is 11.5 Å². The van der Waals surface area contributed by atoms with Gasteiger partial charge in [0.15, 0.2) is 0 Å². The molecule has 0 heterocycles. The molecule has 2 aromatic carbocycles. The van der Waals surface area contributed by atoms with Gasteiger partial charge < -0.3 is 20.9 Å². The summed E-state index contributed by atoms with van der Waals surface area (Å²) in [6, 6.07) is 19.5. The maximum atomic E-state index is 5.15. The van der Waals surface area contributed by atoms with E-state index in [2.05, 4.69) is 24.4 Å². The quantitative estimate of drug-likeness (QED) is 0.628. The van der Waals surface area contributed by atoms with Crippen LogP contribution in [0.5, 0.6) is 0 Å². The Balaban J connectivity index is 0.000000403. The van der Waals surface area contributed by atoms with E-state index in [0.717, 1.165) is 11.1 Å². The van der Waals surface area contributed by atoms with Crippen LogP contribution in [0.4, 0.5) is 0 Å². The van der Waals surface area contributed by atoms with E-state index in [-0.39, 0.29) is 48.1 Å². The van der Waals surface area contributed by atoms with Gasteiger partial charge >= 0.3 is 37.7 Å². The van der Waals surface area contributed by atoms with Crippen LogP contribution < -0.4 is 11.5 Å². The molecule has 4 nitrogen and oxygen atoms in total. The van der Waals surface area contributed by atoms with Crippen molar-refractivity contribution in [3.05, 3.63) is 71.8 Å². The van der Waals surface area contributed by atoms with Crippen LogP contribution in [0.1, 0.15) is 11.1 Å². The molecule has 0 radical (unpaired) electrons. The Labute approximate surface area is 177 Å². The third kappa shape index (κ3) is 12.2. The third-order valence-corrected chi connectivity index (χ3v) is 2.68. The van der Waals surface area contributed by atoms with E-state index in [0.29, 0.717) is 13.2 Å². The number of hydrogen-bond acceptors (Lipinski definition) is 4. The first-order valence-corrected chi connectivity index (χ1v) is 7.32. The summed E-state index contributed by atoms with van der Waals surface area (Å²) in [4.78, 5) is 0. The predicted octanol–water partition coefficient (Wildman–Crippen LogP) is 1.98. The molecule has 0 aliphatic rings. The van der Waals surface area contributed by atoms with Gasteiger partial charge in [-0.15, -0.1) is 0 Å². The van der Waals surface area contributed by atoms with E-state index >= 15 is 0 Å². The molecule has 0 aliphatic carbocycles. The molecule has 120 valence electrons. The molecular weight excluding hydrogens is 356 g/mol. The molecule has 23 heavy (non-hydrogen) atoms. The van der Waals surface area contributed by atoms with Gasteiger partial charge in [-0.25, -0.2) is 0 Å². The summed E-state index contributed by atoms with van der Waals surface area (Å²) >= 11 is 9.10. The van der Waals surface area contributed by atoms with Gasteiger partial charge in [-0.2, -0.15) is 0 Å². The molecule has 0 fully saturated rings. The number of ether oxygens (including phenoxy) is 2. The second-order valence-electron chi connectivity index (χ2n) is 4.19. The average Bonchev–Trinajstić information content (AvgIpc) is 2.53. The van der Waals surface area contributed by atoms with Gasteiger partial charge in [-0.1, -0.05) is 60.7 Å². The standard InChI is InChI=1S/2C8H9NOS.Ca.2H/c2*9-8(11)10-6-7-4-2-1-3-5-7;;;/h2*1-5H,6H2,(H2,9,11);;;. The summed E-state index contributed by atoms with van der Waals surface area (Å²) in [7, 11) is 0. The molecule has 2 rings (SSSR count). The van der Waals surface area contributed by atoms with Gasteiger partial charge in [0.1, 0.15) is 13.2 Å². The maximum absolute atomic E-state index is 5.15. The van der Waals surface area contributed by atoms with Crippen molar-refractivity contribution in [3.8, 4) is 0 Å². The Bertz CT molecular complexity index is 530. The van der Waals surface area contributed by atoms with E-state index in [1.807, 2.05) is 60.7 Å². The fourth-order valence-corrected chi connectivity index (χ4v) is 1.58. The number of benzene rings is 2.